The Bertz CT molecular complexity index is 1120. The van der Waals surface area contributed by atoms with E-state index in [9.17, 15) is 15.3 Å². The van der Waals surface area contributed by atoms with Gasteiger partial charge < -0.3 is 15.3 Å². The number of phenolic OH excluding ortho intramolecular Hbond substituents is 3. The van der Waals surface area contributed by atoms with Crippen LogP contribution in [-0.2, 0) is 19.3 Å². The van der Waals surface area contributed by atoms with Crippen molar-refractivity contribution in [3.8, 4) is 17.2 Å². The predicted molar refractivity (Wildman–Crippen MR) is 124 cm³/mol. The van der Waals surface area contributed by atoms with E-state index in [-0.39, 0.29) is 17.2 Å². The molecule has 3 nitrogen and oxygen atoms in total. The molecular weight excluding hydrogens is 384 g/mol. The molecule has 0 aliphatic carbocycles. The van der Waals surface area contributed by atoms with Crippen molar-refractivity contribution in [2.75, 3.05) is 0 Å². The minimum Gasteiger partial charge on any atom is -0.508 e. The zero-order valence-electron chi connectivity index (χ0n) is 17.5. The Kier molecular flexibility index (Phi) is 5.94. The average Bonchev–Trinajstić information content (AvgIpc) is 2.76. The highest BCUT2D eigenvalue weighted by atomic mass is 16.3. The molecule has 0 saturated carbocycles. The number of para-hydroxylation sites is 1. The topological polar surface area (TPSA) is 60.7 Å². The SMILES string of the molecule is Cc1ccccc1Cc1cc(Cc2ccc(O)cc2)cc(Cc2ccccc2O)c1O. The van der Waals surface area contributed by atoms with Gasteiger partial charge in [-0.05, 0) is 70.5 Å². The Labute approximate surface area is 182 Å². The van der Waals surface area contributed by atoms with E-state index in [1.165, 1.54) is 11.1 Å². The number of aryl methyl sites for hydroxylation is 1. The Morgan fingerprint density at radius 2 is 1.13 bits per heavy atom. The van der Waals surface area contributed by atoms with Gasteiger partial charge in [-0.2, -0.15) is 0 Å². The molecule has 156 valence electrons. The van der Waals surface area contributed by atoms with Crippen molar-refractivity contribution in [2.24, 2.45) is 0 Å². The van der Waals surface area contributed by atoms with Crippen LogP contribution in [0.2, 0.25) is 0 Å². The highest BCUT2D eigenvalue weighted by Gasteiger charge is 2.14. The van der Waals surface area contributed by atoms with Crippen LogP contribution in [0.15, 0.2) is 84.9 Å². The van der Waals surface area contributed by atoms with Crippen LogP contribution in [0.5, 0.6) is 17.2 Å². The number of benzene rings is 4. The van der Waals surface area contributed by atoms with Crippen LogP contribution in [0.4, 0.5) is 0 Å². The lowest BCUT2D eigenvalue weighted by Gasteiger charge is -2.15. The molecule has 4 rings (SSSR count). The molecule has 0 aliphatic rings. The number of phenols is 3. The van der Waals surface area contributed by atoms with Crippen molar-refractivity contribution in [2.45, 2.75) is 26.2 Å². The predicted octanol–water partition coefficient (Wildman–Crippen LogP) is 5.88. The Balaban J connectivity index is 1.74. The summed E-state index contributed by atoms with van der Waals surface area (Å²) in [6.45, 7) is 2.08. The molecule has 0 saturated heterocycles. The fourth-order valence-corrected chi connectivity index (χ4v) is 3.93. The summed E-state index contributed by atoms with van der Waals surface area (Å²) in [6, 6.07) is 26.7. The van der Waals surface area contributed by atoms with E-state index in [0.717, 1.165) is 27.8 Å². The van der Waals surface area contributed by atoms with Crippen LogP contribution in [0.3, 0.4) is 0 Å². The van der Waals surface area contributed by atoms with Crippen molar-refractivity contribution in [3.63, 3.8) is 0 Å². The zero-order valence-corrected chi connectivity index (χ0v) is 17.5. The van der Waals surface area contributed by atoms with E-state index in [2.05, 4.69) is 25.1 Å². The van der Waals surface area contributed by atoms with Gasteiger partial charge in [-0.3, -0.25) is 0 Å². The quantitative estimate of drug-likeness (QED) is 0.372. The van der Waals surface area contributed by atoms with Crippen LogP contribution in [0.1, 0.15) is 38.9 Å². The first-order valence-electron chi connectivity index (χ1n) is 10.4. The van der Waals surface area contributed by atoms with Crippen LogP contribution in [-0.4, -0.2) is 15.3 Å². The van der Waals surface area contributed by atoms with E-state index in [0.29, 0.717) is 19.3 Å². The second-order valence-electron chi connectivity index (χ2n) is 8.01. The third-order valence-corrected chi connectivity index (χ3v) is 5.69. The molecule has 0 bridgehead atoms. The number of hydrogen-bond donors (Lipinski definition) is 3. The zero-order chi connectivity index (χ0) is 21.8. The first kappa shape index (κ1) is 20.5. The molecular formula is C28H26O3. The molecule has 0 radical (unpaired) electrons. The lowest BCUT2D eigenvalue weighted by atomic mass is 9.91. The van der Waals surface area contributed by atoms with E-state index in [1.807, 2.05) is 42.5 Å². The van der Waals surface area contributed by atoms with Gasteiger partial charge >= 0.3 is 0 Å². The van der Waals surface area contributed by atoms with E-state index in [4.69, 9.17) is 0 Å². The Morgan fingerprint density at radius 1 is 0.548 bits per heavy atom. The summed E-state index contributed by atoms with van der Waals surface area (Å²) in [7, 11) is 0. The smallest absolute Gasteiger partial charge is 0.122 e. The van der Waals surface area contributed by atoms with Gasteiger partial charge in [-0.1, -0.05) is 66.7 Å². The van der Waals surface area contributed by atoms with Crippen molar-refractivity contribution < 1.29 is 15.3 Å². The lowest BCUT2D eigenvalue weighted by molar-refractivity contribution is 0.459. The monoisotopic (exact) mass is 410 g/mol. The molecule has 0 heterocycles. The number of hydrogen-bond acceptors (Lipinski definition) is 3. The number of aromatic hydroxyl groups is 3. The largest absolute Gasteiger partial charge is 0.508 e. The van der Waals surface area contributed by atoms with Crippen molar-refractivity contribution in [3.05, 3.63) is 124 Å². The molecule has 3 N–H and O–H groups in total. The summed E-state index contributed by atoms with van der Waals surface area (Å²) in [4.78, 5) is 0. The summed E-state index contributed by atoms with van der Waals surface area (Å²) >= 11 is 0. The van der Waals surface area contributed by atoms with E-state index < -0.39 is 0 Å². The minimum atomic E-state index is 0.228. The molecule has 4 aromatic carbocycles. The molecule has 0 atom stereocenters. The molecule has 31 heavy (non-hydrogen) atoms. The summed E-state index contributed by atoms with van der Waals surface area (Å²) in [6.07, 6.45) is 1.77. The summed E-state index contributed by atoms with van der Waals surface area (Å²) < 4.78 is 0. The third kappa shape index (κ3) is 4.89. The van der Waals surface area contributed by atoms with Crippen LogP contribution < -0.4 is 0 Å². The van der Waals surface area contributed by atoms with Crippen LogP contribution in [0.25, 0.3) is 0 Å². The van der Waals surface area contributed by atoms with Crippen molar-refractivity contribution in [1.82, 2.24) is 0 Å². The normalized spacial score (nSPS) is 10.9. The van der Waals surface area contributed by atoms with Gasteiger partial charge in [0.2, 0.25) is 0 Å². The van der Waals surface area contributed by atoms with Crippen LogP contribution >= 0.6 is 0 Å². The van der Waals surface area contributed by atoms with Gasteiger partial charge in [-0.15, -0.1) is 0 Å². The van der Waals surface area contributed by atoms with E-state index >= 15 is 0 Å². The molecule has 0 fully saturated rings. The maximum absolute atomic E-state index is 11.1. The second kappa shape index (κ2) is 8.97. The summed E-state index contributed by atoms with van der Waals surface area (Å²) in [5.74, 6) is 0.752. The maximum Gasteiger partial charge on any atom is 0.122 e. The Morgan fingerprint density at radius 3 is 1.77 bits per heavy atom. The minimum absolute atomic E-state index is 0.228. The molecule has 4 aromatic rings. The molecule has 3 heteroatoms. The van der Waals surface area contributed by atoms with Crippen molar-refractivity contribution >= 4 is 0 Å². The highest BCUT2D eigenvalue weighted by molar-refractivity contribution is 5.50. The Hall–Kier alpha value is -3.72. The van der Waals surface area contributed by atoms with Gasteiger partial charge in [0.05, 0.1) is 0 Å². The van der Waals surface area contributed by atoms with Gasteiger partial charge in [0.25, 0.3) is 0 Å². The van der Waals surface area contributed by atoms with Gasteiger partial charge in [0.1, 0.15) is 17.2 Å². The second-order valence-corrected chi connectivity index (χ2v) is 8.01. The first-order chi connectivity index (χ1) is 15.0. The van der Waals surface area contributed by atoms with Crippen LogP contribution in [0, 0.1) is 6.92 Å². The van der Waals surface area contributed by atoms with E-state index in [1.54, 1.807) is 24.3 Å². The summed E-state index contributed by atoms with van der Waals surface area (Å²) in [5, 5.41) is 30.9. The summed E-state index contributed by atoms with van der Waals surface area (Å²) in [5.41, 5.74) is 6.97. The van der Waals surface area contributed by atoms with Gasteiger partial charge in [-0.25, -0.2) is 0 Å². The standard InChI is InChI=1S/C28H26O3/c1-19-6-2-3-7-22(19)17-24-15-21(14-20-10-12-26(29)13-11-20)16-25(28(24)31)18-23-8-4-5-9-27(23)30/h2-13,15-16,29-31H,14,17-18H2,1H3. The molecule has 0 aliphatic heterocycles. The first-order valence-corrected chi connectivity index (χ1v) is 10.4. The molecule has 0 spiro atoms. The lowest BCUT2D eigenvalue weighted by Crippen LogP contribution is -2.00. The molecule has 0 aromatic heterocycles. The molecule has 0 amide bonds. The van der Waals surface area contributed by atoms with Gasteiger partial charge in [0.15, 0.2) is 0 Å². The van der Waals surface area contributed by atoms with Crippen molar-refractivity contribution in [1.29, 1.82) is 0 Å². The highest BCUT2D eigenvalue weighted by Crippen LogP contribution is 2.32. The molecule has 0 unspecified atom stereocenters. The maximum atomic E-state index is 11.1. The average molecular weight is 411 g/mol. The number of rotatable bonds is 6. The van der Waals surface area contributed by atoms with Gasteiger partial charge in [0, 0.05) is 12.8 Å². The fourth-order valence-electron chi connectivity index (χ4n) is 3.93. The third-order valence-electron chi connectivity index (χ3n) is 5.69. The fraction of sp³-hybridized carbons (Fsp3) is 0.143.